The first-order chi connectivity index (χ1) is 14.0. The highest BCUT2D eigenvalue weighted by Crippen LogP contribution is 2.31. The Kier molecular flexibility index (Phi) is 5.60. The van der Waals surface area contributed by atoms with Crippen LogP contribution in [0.3, 0.4) is 0 Å². The number of carbonyl (C=O) groups is 2. The summed E-state index contributed by atoms with van der Waals surface area (Å²) in [5.74, 6) is -0.496. The van der Waals surface area contributed by atoms with Gasteiger partial charge in [-0.05, 0) is 44.6 Å². The molecule has 2 aromatic heterocycles. The smallest absolute Gasteiger partial charge is 0.228 e. The lowest BCUT2D eigenvalue weighted by Gasteiger charge is -2.28. The van der Waals surface area contributed by atoms with Gasteiger partial charge in [0.1, 0.15) is 11.6 Å². The zero-order valence-corrected chi connectivity index (χ0v) is 16.6. The number of rotatable bonds is 4. The van der Waals surface area contributed by atoms with Crippen molar-refractivity contribution < 1.29 is 14.0 Å². The lowest BCUT2D eigenvalue weighted by molar-refractivity contribution is -0.123. The molecule has 0 spiro atoms. The van der Waals surface area contributed by atoms with Crippen molar-refractivity contribution in [1.29, 1.82) is 0 Å². The van der Waals surface area contributed by atoms with Crippen LogP contribution in [0.5, 0.6) is 0 Å². The van der Waals surface area contributed by atoms with Crippen LogP contribution in [0.25, 0.3) is 11.1 Å². The maximum atomic E-state index is 14.5. The van der Waals surface area contributed by atoms with Gasteiger partial charge in [-0.25, -0.2) is 9.37 Å². The number of pyridine rings is 1. The number of anilines is 1. The van der Waals surface area contributed by atoms with Crippen LogP contribution >= 0.6 is 0 Å². The quantitative estimate of drug-likeness (QED) is 0.827. The molecule has 0 saturated heterocycles. The summed E-state index contributed by atoms with van der Waals surface area (Å²) < 4.78 is 16.4. The van der Waals surface area contributed by atoms with E-state index in [1.807, 2.05) is 4.68 Å². The van der Waals surface area contributed by atoms with Gasteiger partial charge in [-0.15, -0.1) is 0 Å². The Labute approximate surface area is 169 Å². The molecule has 2 aliphatic rings. The SMILES string of the molecule is CC(=O)NC1CCC[C@@H](C(=O)Nc2cc(-c3cnn4c3CCCC4)c(F)cn2)C1. The second-order valence-electron chi connectivity index (χ2n) is 7.98. The maximum Gasteiger partial charge on any atom is 0.228 e. The van der Waals surface area contributed by atoms with Crippen molar-refractivity contribution in [2.24, 2.45) is 5.92 Å². The fourth-order valence-corrected chi connectivity index (χ4v) is 4.43. The van der Waals surface area contributed by atoms with Gasteiger partial charge in [-0.2, -0.15) is 5.10 Å². The summed E-state index contributed by atoms with van der Waals surface area (Å²) in [5.41, 5.74) is 2.21. The number of amides is 2. The van der Waals surface area contributed by atoms with Gasteiger partial charge in [0.15, 0.2) is 0 Å². The molecule has 154 valence electrons. The summed E-state index contributed by atoms with van der Waals surface area (Å²) in [4.78, 5) is 28.1. The number of aromatic nitrogens is 3. The standard InChI is InChI=1S/C21H26FN5O2/c1-13(28)25-15-6-4-5-14(9-15)21(29)26-20-10-16(18(22)12-23-20)17-11-24-27-8-3-2-7-19(17)27/h10-12,14-15H,2-9H2,1H3,(H,25,28)(H,23,26,29)/t14-,15?/m1/s1. The van der Waals surface area contributed by atoms with Crippen LogP contribution in [0.1, 0.15) is 51.1 Å². The summed E-state index contributed by atoms with van der Waals surface area (Å²) in [5, 5.41) is 10.1. The predicted octanol–water partition coefficient (Wildman–Crippen LogP) is 3.05. The van der Waals surface area contributed by atoms with Gasteiger partial charge in [0.25, 0.3) is 0 Å². The first kappa shape index (κ1) is 19.5. The molecule has 0 radical (unpaired) electrons. The zero-order chi connectivity index (χ0) is 20.4. The predicted molar refractivity (Wildman–Crippen MR) is 107 cm³/mol. The second-order valence-corrected chi connectivity index (χ2v) is 7.98. The lowest BCUT2D eigenvalue weighted by Crippen LogP contribution is -2.40. The van der Waals surface area contributed by atoms with Crippen LogP contribution in [-0.2, 0) is 22.6 Å². The summed E-state index contributed by atoms with van der Waals surface area (Å²) in [6.07, 6.45) is 9.00. The molecule has 1 aliphatic carbocycles. The van der Waals surface area contributed by atoms with E-state index in [0.717, 1.165) is 62.5 Å². The average molecular weight is 399 g/mol. The van der Waals surface area contributed by atoms with Gasteiger partial charge < -0.3 is 10.6 Å². The third kappa shape index (κ3) is 4.31. The topological polar surface area (TPSA) is 88.9 Å². The third-order valence-corrected chi connectivity index (χ3v) is 5.83. The van der Waals surface area contributed by atoms with E-state index in [9.17, 15) is 14.0 Å². The Balaban J connectivity index is 1.50. The summed E-state index contributed by atoms with van der Waals surface area (Å²) in [7, 11) is 0. The van der Waals surface area contributed by atoms with Crippen LogP contribution in [0.2, 0.25) is 0 Å². The molecule has 1 aliphatic heterocycles. The molecule has 0 bridgehead atoms. The van der Waals surface area contributed by atoms with Crippen molar-refractivity contribution in [3.8, 4) is 11.1 Å². The van der Waals surface area contributed by atoms with Gasteiger partial charge in [-0.3, -0.25) is 14.3 Å². The first-order valence-electron chi connectivity index (χ1n) is 10.3. The molecule has 1 saturated carbocycles. The number of aryl methyl sites for hydroxylation is 1. The molecule has 8 heteroatoms. The minimum absolute atomic E-state index is 0.0210. The minimum atomic E-state index is -0.423. The molecular weight excluding hydrogens is 373 g/mol. The van der Waals surface area contributed by atoms with E-state index >= 15 is 0 Å². The molecule has 0 aromatic carbocycles. The van der Waals surface area contributed by atoms with Crippen molar-refractivity contribution in [1.82, 2.24) is 20.1 Å². The maximum absolute atomic E-state index is 14.5. The Morgan fingerprint density at radius 3 is 2.86 bits per heavy atom. The van der Waals surface area contributed by atoms with E-state index in [2.05, 4.69) is 20.7 Å². The van der Waals surface area contributed by atoms with Gasteiger partial charge in [0.05, 0.1) is 12.4 Å². The number of carbonyl (C=O) groups excluding carboxylic acids is 2. The highest BCUT2D eigenvalue weighted by Gasteiger charge is 2.28. The van der Waals surface area contributed by atoms with E-state index in [1.54, 1.807) is 12.3 Å². The fourth-order valence-electron chi connectivity index (χ4n) is 4.43. The highest BCUT2D eigenvalue weighted by molar-refractivity contribution is 5.92. The molecule has 2 aromatic rings. The molecule has 2 amide bonds. The van der Waals surface area contributed by atoms with Gasteiger partial charge in [0.2, 0.25) is 11.8 Å². The fraction of sp³-hybridized carbons (Fsp3) is 0.524. The van der Waals surface area contributed by atoms with E-state index in [1.165, 1.54) is 6.92 Å². The van der Waals surface area contributed by atoms with Crippen LogP contribution in [0.15, 0.2) is 18.5 Å². The van der Waals surface area contributed by atoms with Gasteiger partial charge >= 0.3 is 0 Å². The largest absolute Gasteiger partial charge is 0.354 e. The Morgan fingerprint density at radius 1 is 1.17 bits per heavy atom. The first-order valence-corrected chi connectivity index (χ1v) is 10.3. The van der Waals surface area contributed by atoms with Crippen molar-refractivity contribution in [3.63, 3.8) is 0 Å². The van der Waals surface area contributed by atoms with E-state index in [4.69, 9.17) is 0 Å². The average Bonchev–Trinajstić information content (AvgIpc) is 3.13. The molecular formula is C21H26FN5O2. The third-order valence-electron chi connectivity index (χ3n) is 5.83. The number of hydrogen-bond donors (Lipinski definition) is 2. The Morgan fingerprint density at radius 2 is 2.03 bits per heavy atom. The minimum Gasteiger partial charge on any atom is -0.354 e. The summed E-state index contributed by atoms with van der Waals surface area (Å²) >= 11 is 0. The zero-order valence-electron chi connectivity index (χ0n) is 16.6. The number of halogens is 1. The van der Waals surface area contributed by atoms with E-state index in [-0.39, 0.29) is 23.8 Å². The summed E-state index contributed by atoms with van der Waals surface area (Å²) in [6.45, 7) is 2.34. The molecule has 29 heavy (non-hydrogen) atoms. The molecule has 1 fully saturated rings. The van der Waals surface area contributed by atoms with Gasteiger partial charge in [0, 0.05) is 42.2 Å². The molecule has 2 N–H and O–H groups in total. The Hall–Kier alpha value is -2.77. The van der Waals surface area contributed by atoms with Crippen LogP contribution < -0.4 is 10.6 Å². The molecule has 4 rings (SSSR count). The van der Waals surface area contributed by atoms with E-state index in [0.29, 0.717) is 17.8 Å². The molecule has 1 unspecified atom stereocenters. The number of fused-ring (bicyclic) bond motifs is 1. The van der Waals surface area contributed by atoms with Crippen molar-refractivity contribution in [2.45, 2.75) is 64.5 Å². The molecule has 3 heterocycles. The summed E-state index contributed by atoms with van der Waals surface area (Å²) in [6, 6.07) is 1.61. The number of hydrogen-bond acceptors (Lipinski definition) is 4. The van der Waals surface area contributed by atoms with E-state index < -0.39 is 5.82 Å². The second kappa shape index (κ2) is 8.31. The number of nitrogens with one attached hydrogen (secondary N) is 2. The van der Waals surface area contributed by atoms with Crippen molar-refractivity contribution >= 4 is 17.6 Å². The molecule has 7 nitrogen and oxygen atoms in total. The molecule has 2 atom stereocenters. The number of nitrogens with zero attached hydrogens (tertiary/aromatic N) is 3. The van der Waals surface area contributed by atoms with Crippen LogP contribution in [0.4, 0.5) is 10.2 Å². The van der Waals surface area contributed by atoms with Crippen LogP contribution in [-0.4, -0.2) is 32.6 Å². The monoisotopic (exact) mass is 399 g/mol. The van der Waals surface area contributed by atoms with Crippen LogP contribution in [0, 0.1) is 11.7 Å². The highest BCUT2D eigenvalue weighted by atomic mass is 19.1. The van der Waals surface area contributed by atoms with Crippen molar-refractivity contribution in [2.75, 3.05) is 5.32 Å². The lowest BCUT2D eigenvalue weighted by atomic mass is 9.85. The Bertz CT molecular complexity index is 926. The van der Waals surface area contributed by atoms with Gasteiger partial charge in [-0.1, -0.05) is 6.42 Å². The normalized spacial score (nSPS) is 21.3. The van der Waals surface area contributed by atoms with Crippen molar-refractivity contribution in [3.05, 3.63) is 30.0 Å².